The van der Waals surface area contributed by atoms with Crippen LogP contribution in [0.3, 0.4) is 0 Å². The summed E-state index contributed by atoms with van der Waals surface area (Å²) in [7, 11) is 0. The van der Waals surface area contributed by atoms with Gasteiger partial charge in [-0.3, -0.25) is 0 Å². The molecular weight excluding hydrogens is 230 g/mol. The smallest absolute Gasteiger partial charge is 0.127 e. The molecule has 1 aliphatic carbocycles. The summed E-state index contributed by atoms with van der Waals surface area (Å²) in [5.41, 5.74) is 6.27. The lowest BCUT2D eigenvalue weighted by Gasteiger charge is -2.22. The summed E-state index contributed by atoms with van der Waals surface area (Å²) < 4.78 is 11.2. The van der Waals surface area contributed by atoms with Gasteiger partial charge in [0, 0.05) is 11.6 Å². The summed E-state index contributed by atoms with van der Waals surface area (Å²) in [5.74, 6) is 1.54. The van der Waals surface area contributed by atoms with Gasteiger partial charge in [0.15, 0.2) is 0 Å². The van der Waals surface area contributed by atoms with Crippen LogP contribution in [0.1, 0.15) is 37.3 Å². The SMILES string of the molecule is NC1COc2cc(OCC3(O)CCCC3)ccc21. The van der Waals surface area contributed by atoms with Crippen LogP contribution in [0.4, 0.5) is 0 Å². The summed E-state index contributed by atoms with van der Waals surface area (Å²) in [6.45, 7) is 0.889. The van der Waals surface area contributed by atoms with Crippen molar-refractivity contribution in [1.82, 2.24) is 0 Å². The van der Waals surface area contributed by atoms with Gasteiger partial charge in [-0.25, -0.2) is 0 Å². The van der Waals surface area contributed by atoms with Gasteiger partial charge in [-0.2, -0.15) is 0 Å². The van der Waals surface area contributed by atoms with Crippen molar-refractivity contribution >= 4 is 0 Å². The van der Waals surface area contributed by atoms with Crippen molar-refractivity contribution in [3.8, 4) is 11.5 Å². The molecule has 0 amide bonds. The molecular formula is C14H19NO3. The number of fused-ring (bicyclic) bond motifs is 1. The molecule has 18 heavy (non-hydrogen) atoms. The topological polar surface area (TPSA) is 64.7 Å². The van der Waals surface area contributed by atoms with Crippen molar-refractivity contribution < 1.29 is 14.6 Å². The quantitative estimate of drug-likeness (QED) is 0.856. The lowest BCUT2D eigenvalue weighted by molar-refractivity contribution is 0.00135. The summed E-state index contributed by atoms with van der Waals surface area (Å²) in [4.78, 5) is 0. The molecule has 0 aromatic heterocycles. The molecule has 1 aromatic carbocycles. The van der Waals surface area contributed by atoms with Gasteiger partial charge < -0.3 is 20.3 Å². The van der Waals surface area contributed by atoms with E-state index in [0.717, 1.165) is 42.7 Å². The molecule has 1 fully saturated rings. The van der Waals surface area contributed by atoms with Crippen LogP contribution >= 0.6 is 0 Å². The summed E-state index contributed by atoms with van der Waals surface area (Å²) >= 11 is 0. The maximum absolute atomic E-state index is 10.2. The van der Waals surface area contributed by atoms with Crippen molar-refractivity contribution in [3.05, 3.63) is 23.8 Å². The fourth-order valence-corrected chi connectivity index (χ4v) is 2.70. The van der Waals surface area contributed by atoms with E-state index < -0.39 is 5.60 Å². The molecule has 1 aromatic rings. The van der Waals surface area contributed by atoms with Crippen molar-refractivity contribution in [2.24, 2.45) is 5.73 Å². The fraction of sp³-hybridized carbons (Fsp3) is 0.571. The van der Waals surface area contributed by atoms with E-state index in [4.69, 9.17) is 15.2 Å². The van der Waals surface area contributed by atoms with E-state index in [1.165, 1.54) is 0 Å². The molecule has 1 atom stereocenters. The third-order valence-electron chi connectivity index (χ3n) is 3.84. The van der Waals surface area contributed by atoms with E-state index in [1.54, 1.807) is 0 Å². The van der Waals surface area contributed by atoms with Crippen LogP contribution in [0.15, 0.2) is 18.2 Å². The van der Waals surface area contributed by atoms with Crippen molar-refractivity contribution in [1.29, 1.82) is 0 Å². The van der Waals surface area contributed by atoms with Crippen LogP contribution in [-0.2, 0) is 0 Å². The van der Waals surface area contributed by atoms with Gasteiger partial charge in [0.2, 0.25) is 0 Å². The van der Waals surface area contributed by atoms with E-state index in [1.807, 2.05) is 18.2 Å². The Bertz CT molecular complexity index is 441. The second-order valence-corrected chi connectivity index (χ2v) is 5.34. The van der Waals surface area contributed by atoms with Crippen molar-refractivity contribution in [2.45, 2.75) is 37.3 Å². The second kappa shape index (κ2) is 4.44. The highest BCUT2D eigenvalue weighted by molar-refractivity contribution is 5.44. The van der Waals surface area contributed by atoms with Gasteiger partial charge in [-0.05, 0) is 25.0 Å². The summed E-state index contributed by atoms with van der Waals surface area (Å²) in [6, 6.07) is 5.67. The van der Waals surface area contributed by atoms with E-state index in [9.17, 15) is 5.11 Å². The minimum absolute atomic E-state index is 0.0342. The Morgan fingerprint density at radius 3 is 2.94 bits per heavy atom. The molecule has 3 rings (SSSR count). The molecule has 1 unspecified atom stereocenters. The molecule has 1 heterocycles. The Morgan fingerprint density at radius 2 is 2.17 bits per heavy atom. The molecule has 2 aliphatic rings. The van der Waals surface area contributed by atoms with Crippen LogP contribution in [0.5, 0.6) is 11.5 Å². The molecule has 0 radical (unpaired) electrons. The first-order valence-electron chi connectivity index (χ1n) is 6.54. The lowest BCUT2D eigenvalue weighted by Crippen LogP contribution is -2.32. The highest BCUT2D eigenvalue weighted by Crippen LogP contribution is 2.35. The predicted octanol–water partition coefficient (Wildman–Crippen LogP) is 1.76. The summed E-state index contributed by atoms with van der Waals surface area (Å²) in [5, 5.41) is 10.2. The van der Waals surface area contributed by atoms with Gasteiger partial charge in [-0.1, -0.05) is 12.8 Å². The number of benzene rings is 1. The number of hydrogen-bond donors (Lipinski definition) is 2. The molecule has 4 nitrogen and oxygen atoms in total. The second-order valence-electron chi connectivity index (χ2n) is 5.34. The first-order valence-corrected chi connectivity index (χ1v) is 6.54. The Hall–Kier alpha value is -1.26. The standard InChI is InChI=1S/C14H19NO3/c15-12-8-17-13-7-10(3-4-11(12)13)18-9-14(16)5-1-2-6-14/h3-4,7,12,16H,1-2,5-6,8-9,15H2. The molecule has 0 bridgehead atoms. The molecule has 0 spiro atoms. The number of nitrogens with two attached hydrogens (primary N) is 1. The van der Waals surface area contributed by atoms with Crippen LogP contribution in [0, 0.1) is 0 Å². The largest absolute Gasteiger partial charge is 0.491 e. The predicted molar refractivity (Wildman–Crippen MR) is 67.8 cm³/mol. The highest BCUT2D eigenvalue weighted by Gasteiger charge is 2.32. The third-order valence-corrected chi connectivity index (χ3v) is 3.84. The van der Waals surface area contributed by atoms with Gasteiger partial charge >= 0.3 is 0 Å². The van der Waals surface area contributed by atoms with Gasteiger partial charge in [0.1, 0.15) is 24.7 Å². The van der Waals surface area contributed by atoms with E-state index in [-0.39, 0.29) is 6.04 Å². The van der Waals surface area contributed by atoms with Crippen LogP contribution in [0.2, 0.25) is 0 Å². The zero-order chi connectivity index (χ0) is 12.6. The first kappa shape index (κ1) is 11.8. The Morgan fingerprint density at radius 1 is 1.39 bits per heavy atom. The van der Waals surface area contributed by atoms with E-state index in [2.05, 4.69) is 0 Å². The molecule has 3 N–H and O–H groups in total. The van der Waals surface area contributed by atoms with Gasteiger partial charge in [-0.15, -0.1) is 0 Å². The minimum Gasteiger partial charge on any atom is -0.491 e. The zero-order valence-electron chi connectivity index (χ0n) is 10.4. The van der Waals surface area contributed by atoms with Gasteiger partial charge in [0.25, 0.3) is 0 Å². The maximum Gasteiger partial charge on any atom is 0.127 e. The number of aliphatic hydroxyl groups is 1. The fourth-order valence-electron chi connectivity index (χ4n) is 2.70. The first-order chi connectivity index (χ1) is 8.66. The molecule has 98 valence electrons. The third kappa shape index (κ3) is 2.18. The highest BCUT2D eigenvalue weighted by atomic mass is 16.5. The minimum atomic E-state index is -0.643. The molecule has 0 saturated heterocycles. The van der Waals surface area contributed by atoms with Crippen molar-refractivity contribution in [3.63, 3.8) is 0 Å². The molecule has 1 aliphatic heterocycles. The Kier molecular flexibility index (Phi) is 2.92. The van der Waals surface area contributed by atoms with Crippen LogP contribution in [0.25, 0.3) is 0 Å². The Balaban J connectivity index is 1.67. The van der Waals surface area contributed by atoms with Crippen LogP contribution < -0.4 is 15.2 Å². The molecule has 1 saturated carbocycles. The number of ether oxygens (including phenoxy) is 2. The van der Waals surface area contributed by atoms with Gasteiger partial charge in [0.05, 0.1) is 11.6 Å². The number of rotatable bonds is 3. The lowest BCUT2D eigenvalue weighted by atomic mass is 10.0. The number of hydrogen-bond acceptors (Lipinski definition) is 4. The molecule has 4 heteroatoms. The van der Waals surface area contributed by atoms with E-state index in [0.29, 0.717) is 13.2 Å². The average molecular weight is 249 g/mol. The zero-order valence-corrected chi connectivity index (χ0v) is 10.4. The van der Waals surface area contributed by atoms with Crippen molar-refractivity contribution in [2.75, 3.05) is 13.2 Å². The Labute approximate surface area is 107 Å². The maximum atomic E-state index is 10.2. The van der Waals surface area contributed by atoms with Crippen LogP contribution in [-0.4, -0.2) is 23.9 Å². The summed E-state index contributed by atoms with van der Waals surface area (Å²) in [6.07, 6.45) is 3.84. The monoisotopic (exact) mass is 249 g/mol. The van der Waals surface area contributed by atoms with E-state index >= 15 is 0 Å². The normalized spacial score (nSPS) is 24.7. The average Bonchev–Trinajstić information content (AvgIpc) is 2.95.